The number of nitrogens with one attached hydrogen (secondary N) is 1. The second-order valence-electron chi connectivity index (χ2n) is 5.79. The van der Waals surface area contributed by atoms with Gasteiger partial charge in [0.25, 0.3) is 0 Å². The smallest absolute Gasteiger partial charge is 0.317 e. The summed E-state index contributed by atoms with van der Waals surface area (Å²) in [6.45, 7) is 7.00. The molecule has 0 aliphatic heterocycles. The Labute approximate surface area is 115 Å². The number of nitrogens with zero attached hydrogens (tertiary/aromatic N) is 1. The lowest BCUT2D eigenvalue weighted by Gasteiger charge is -2.27. The highest BCUT2D eigenvalue weighted by Crippen LogP contribution is 2.30. The zero-order valence-corrected chi connectivity index (χ0v) is 12.2. The summed E-state index contributed by atoms with van der Waals surface area (Å²) in [7, 11) is 0. The maximum atomic E-state index is 12.1. The van der Waals surface area contributed by atoms with Crippen LogP contribution in [-0.4, -0.2) is 41.1 Å². The molecule has 0 aromatic carbocycles. The SMILES string of the molecule is CC1CCCC1CNC(=O)N(CCC(=O)O)C(C)C. The first-order chi connectivity index (χ1) is 8.91. The number of amides is 2. The topological polar surface area (TPSA) is 69.6 Å². The molecule has 1 aliphatic rings. The summed E-state index contributed by atoms with van der Waals surface area (Å²) in [5.74, 6) is 0.368. The lowest BCUT2D eigenvalue weighted by atomic mass is 9.98. The molecule has 0 heterocycles. The van der Waals surface area contributed by atoms with Crippen LogP contribution in [0.3, 0.4) is 0 Å². The molecule has 0 aromatic heterocycles. The number of hydrogen-bond acceptors (Lipinski definition) is 2. The Balaban J connectivity index is 2.40. The van der Waals surface area contributed by atoms with Crippen molar-refractivity contribution < 1.29 is 14.7 Å². The number of carbonyl (C=O) groups excluding carboxylic acids is 1. The minimum Gasteiger partial charge on any atom is -0.481 e. The molecular weight excluding hydrogens is 244 g/mol. The summed E-state index contributed by atoms with van der Waals surface area (Å²) in [5.41, 5.74) is 0. The average Bonchev–Trinajstić information content (AvgIpc) is 2.71. The quantitative estimate of drug-likeness (QED) is 0.778. The maximum Gasteiger partial charge on any atom is 0.317 e. The number of carbonyl (C=O) groups is 2. The maximum absolute atomic E-state index is 12.1. The van der Waals surface area contributed by atoms with Gasteiger partial charge in [-0.15, -0.1) is 0 Å². The number of carboxylic acid groups (broad SMARTS) is 1. The standard InChI is InChI=1S/C14H26N2O3/c1-10(2)16(8-7-13(17)18)14(19)15-9-12-6-4-5-11(12)3/h10-12H,4-9H2,1-3H3,(H,15,19)(H,17,18). The first-order valence-electron chi connectivity index (χ1n) is 7.18. The molecule has 2 amide bonds. The van der Waals surface area contributed by atoms with E-state index in [2.05, 4.69) is 12.2 Å². The van der Waals surface area contributed by atoms with Crippen LogP contribution in [0.2, 0.25) is 0 Å². The summed E-state index contributed by atoms with van der Waals surface area (Å²) in [5, 5.41) is 11.7. The summed E-state index contributed by atoms with van der Waals surface area (Å²) in [6, 6.07) is -0.129. The van der Waals surface area contributed by atoms with E-state index in [4.69, 9.17) is 5.11 Å². The normalized spacial score (nSPS) is 22.5. The van der Waals surface area contributed by atoms with Crippen molar-refractivity contribution in [2.45, 2.75) is 52.5 Å². The van der Waals surface area contributed by atoms with Gasteiger partial charge in [0.15, 0.2) is 0 Å². The lowest BCUT2D eigenvalue weighted by Crippen LogP contribution is -2.46. The van der Waals surface area contributed by atoms with E-state index in [0.29, 0.717) is 18.4 Å². The van der Waals surface area contributed by atoms with Crippen molar-refractivity contribution in [2.75, 3.05) is 13.1 Å². The van der Waals surface area contributed by atoms with Crippen molar-refractivity contribution in [3.63, 3.8) is 0 Å². The second kappa shape index (κ2) is 7.36. The third-order valence-electron chi connectivity index (χ3n) is 4.01. The summed E-state index contributed by atoms with van der Waals surface area (Å²) < 4.78 is 0. The molecule has 19 heavy (non-hydrogen) atoms. The Morgan fingerprint density at radius 3 is 2.53 bits per heavy atom. The van der Waals surface area contributed by atoms with Crippen LogP contribution in [0.15, 0.2) is 0 Å². The minimum atomic E-state index is -0.872. The molecule has 0 saturated heterocycles. The van der Waals surface area contributed by atoms with Gasteiger partial charge in [0, 0.05) is 19.1 Å². The van der Waals surface area contributed by atoms with Crippen molar-refractivity contribution in [1.82, 2.24) is 10.2 Å². The average molecular weight is 270 g/mol. The number of urea groups is 1. The predicted molar refractivity (Wildman–Crippen MR) is 74.0 cm³/mol. The van der Waals surface area contributed by atoms with Crippen LogP contribution in [0.1, 0.15) is 46.5 Å². The third kappa shape index (κ3) is 5.09. The van der Waals surface area contributed by atoms with Gasteiger partial charge in [0.05, 0.1) is 6.42 Å². The van der Waals surface area contributed by atoms with Crippen molar-refractivity contribution in [3.05, 3.63) is 0 Å². The van der Waals surface area contributed by atoms with E-state index in [-0.39, 0.29) is 25.0 Å². The first-order valence-corrected chi connectivity index (χ1v) is 7.18. The monoisotopic (exact) mass is 270 g/mol. The molecule has 2 atom stereocenters. The van der Waals surface area contributed by atoms with Crippen molar-refractivity contribution in [1.29, 1.82) is 0 Å². The number of carboxylic acids is 1. The van der Waals surface area contributed by atoms with Gasteiger partial charge < -0.3 is 15.3 Å². The van der Waals surface area contributed by atoms with Crippen LogP contribution < -0.4 is 5.32 Å². The van der Waals surface area contributed by atoms with Gasteiger partial charge in [0.1, 0.15) is 0 Å². The van der Waals surface area contributed by atoms with E-state index < -0.39 is 5.97 Å². The molecule has 1 fully saturated rings. The van der Waals surface area contributed by atoms with Gasteiger partial charge in [-0.2, -0.15) is 0 Å². The van der Waals surface area contributed by atoms with Crippen LogP contribution in [0, 0.1) is 11.8 Å². The minimum absolute atomic E-state index is 0.00850. The molecule has 1 rings (SSSR count). The van der Waals surface area contributed by atoms with Crippen LogP contribution in [0.4, 0.5) is 4.79 Å². The van der Waals surface area contributed by atoms with E-state index in [9.17, 15) is 9.59 Å². The molecule has 110 valence electrons. The van der Waals surface area contributed by atoms with Gasteiger partial charge >= 0.3 is 12.0 Å². The largest absolute Gasteiger partial charge is 0.481 e. The molecule has 0 radical (unpaired) electrons. The summed E-state index contributed by atoms with van der Waals surface area (Å²) in [4.78, 5) is 24.3. The molecular formula is C14H26N2O3. The van der Waals surface area contributed by atoms with Gasteiger partial charge in [-0.1, -0.05) is 19.8 Å². The van der Waals surface area contributed by atoms with Crippen LogP contribution in [0.25, 0.3) is 0 Å². The molecule has 1 saturated carbocycles. The van der Waals surface area contributed by atoms with Crippen molar-refractivity contribution in [2.24, 2.45) is 11.8 Å². The van der Waals surface area contributed by atoms with E-state index in [1.165, 1.54) is 19.3 Å². The predicted octanol–water partition coefficient (Wildman–Crippen LogP) is 2.32. The second-order valence-corrected chi connectivity index (χ2v) is 5.79. The van der Waals surface area contributed by atoms with E-state index in [1.54, 1.807) is 4.90 Å². The molecule has 2 unspecified atom stereocenters. The molecule has 0 spiro atoms. The molecule has 5 nitrogen and oxygen atoms in total. The van der Waals surface area contributed by atoms with E-state index in [1.807, 2.05) is 13.8 Å². The van der Waals surface area contributed by atoms with Crippen LogP contribution >= 0.6 is 0 Å². The Morgan fingerprint density at radius 2 is 2.05 bits per heavy atom. The Hall–Kier alpha value is -1.26. The Kier molecular flexibility index (Phi) is 6.12. The van der Waals surface area contributed by atoms with E-state index in [0.717, 1.165) is 0 Å². The van der Waals surface area contributed by atoms with Crippen molar-refractivity contribution >= 4 is 12.0 Å². The fourth-order valence-electron chi connectivity index (χ4n) is 2.66. The molecule has 5 heteroatoms. The van der Waals surface area contributed by atoms with Crippen LogP contribution in [-0.2, 0) is 4.79 Å². The Morgan fingerprint density at radius 1 is 1.37 bits per heavy atom. The van der Waals surface area contributed by atoms with Gasteiger partial charge in [-0.3, -0.25) is 4.79 Å². The molecule has 2 N–H and O–H groups in total. The fourth-order valence-corrected chi connectivity index (χ4v) is 2.66. The third-order valence-corrected chi connectivity index (χ3v) is 4.01. The number of rotatable bonds is 6. The van der Waals surface area contributed by atoms with Crippen LogP contribution in [0.5, 0.6) is 0 Å². The molecule has 0 aromatic rings. The van der Waals surface area contributed by atoms with Gasteiger partial charge in [-0.05, 0) is 32.1 Å². The zero-order chi connectivity index (χ0) is 14.4. The molecule has 0 bridgehead atoms. The zero-order valence-electron chi connectivity index (χ0n) is 12.2. The highest BCUT2D eigenvalue weighted by atomic mass is 16.4. The highest BCUT2D eigenvalue weighted by Gasteiger charge is 2.25. The van der Waals surface area contributed by atoms with Gasteiger partial charge in [-0.25, -0.2) is 4.79 Å². The number of aliphatic carboxylic acids is 1. The lowest BCUT2D eigenvalue weighted by molar-refractivity contribution is -0.137. The van der Waals surface area contributed by atoms with E-state index >= 15 is 0 Å². The molecule has 1 aliphatic carbocycles. The summed E-state index contributed by atoms with van der Waals surface area (Å²) >= 11 is 0. The Bertz CT molecular complexity index is 318. The highest BCUT2D eigenvalue weighted by molar-refractivity contribution is 5.75. The van der Waals surface area contributed by atoms with Gasteiger partial charge in [0.2, 0.25) is 0 Å². The fraction of sp³-hybridized carbons (Fsp3) is 0.857. The number of hydrogen-bond donors (Lipinski definition) is 2. The summed E-state index contributed by atoms with van der Waals surface area (Å²) in [6.07, 6.45) is 3.66. The first kappa shape index (κ1) is 15.8. The van der Waals surface area contributed by atoms with Crippen molar-refractivity contribution in [3.8, 4) is 0 Å².